The Hall–Kier alpha value is -2.54. The summed E-state index contributed by atoms with van der Waals surface area (Å²) in [6.07, 6.45) is 7.27. The van der Waals surface area contributed by atoms with E-state index >= 15 is 0 Å². The van der Waals surface area contributed by atoms with Crippen LogP contribution in [0.2, 0.25) is 0 Å². The van der Waals surface area contributed by atoms with Crippen molar-refractivity contribution in [1.82, 2.24) is 25.2 Å². The van der Waals surface area contributed by atoms with E-state index < -0.39 is 0 Å². The average Bonchev–Trinajstić information content (AvgIpc) is 2.73. The number of hydrogen-bond donors (Lipinski definition) is 1. The van der Waals surface area contributed by atoms with Crippen molar-refractivity contribution in [3.8, 4) is 11.4 Å². The van der Waals surface area contributed by atoms with Crippen molar-refractivity contribution in [3.63, 3.8) is 0 Å². The zero-order valence-electron chi connectivity index (χ0n) is 15.8. The lowest BCUT2D eigenvalue weighted by Gasteiger charge is -2.30. The highest BCUT2D eigenvalue weighted by atomic mass is 16.2. The van der Waals surface area contributed by atoms with Crippen molar-refractivity contribution in [2.75, 3.05) is 38.1 Å². The molecule has 7 nitrogen and oxygen atoms in total. The number of anilines is 1. The highest BCUT2D eigenvalue weighted by molar-refractivity contribution is 5.76. The molecule has 1 fully saturated rings. The number of carbonyl (C=O) groups is 1. The first-order chi connectivity index (χ1) is 13.2. The molecule has 0 aromatic carbocycles. The summed E-state index contributed by atoms with van der Waals surface area (Å²) >= 11 is 0. The monoisotopic (exact) mass is 366 g/mol. The standard InChI is InChI=1S/C20H26N6O/c1-25(12-13-26-11-3-2-4-18(26)27)20-16-7-10-22-14-17(16)23-19(24-20)15-5-8-21-9-6-15/h5-6,8-9,22H,2-4,7,10-14H2,1H3. The lowest BCUT2D eigenvalue weighted by atomic mass is 10.1. The largest absolute Gasteiger partial charge is 0.358 e. The molecule has 27 heavy (non-hydrogen) atoms. The van der Waals surface area contributed by atoms with E-state index in [0.717, 1.165) is 74.9 Å². The second-order valence-electron chi connectivity index (χ2n) is 7.22. The van der Waals surface area contributed by atoms with Crippen molar-refractivity contribution < 1.29 is 4.79 Å². The number of pyridine rings is 1. The smallest absolute Gasteiger partial charge is 0.222 e. The summed E-state index contributed by atoms with van der Waals surface area (Å²) in [6, 6.07) is 3.88. The molecule has 2 aliphatic rings. The first-order valence-corrected chi connectivity index (χ1v) is 9.72. The number of aromatic nitrogens is 3. The zero-order chi connectivity index (χ0) is 18.6. The van der Waals surface area contributed by atoms with E-state index in [1.807, 2.05) is 17.0 Å². The predicted octanol–water partition coefficient (Wildman–Crippen LogP) is 1.63. The van der Waals surface area contributed by atoms with Gasteiger partial charge in [-0.25, -0.2) is 9.97 Å². The van der Waals surface area contributed by atoms with Crippen molar-refractivity contribution in [1.29, 1.82) is 0 Å². The van der Waals surface area contributed by atoms with Gasteiger partial charge in [0.2, 0.25) is 5.91 Å². The van der Waals surface area contributed by atoms with Crippen LogP contribution >= 0.6 is 0 Å². The van der Waals surface area contributed by atoms with E-state index in [2.05, 4.69) is 22.2 Å². The Kier molecular flexibility index (Phi) is 5.29. The summed E-state index contributed by atoms with van der Waals surface area (Å²) in [4.78, 5) is 30.0. The number of likely N-dealkylation sites (tertiary alicyclic amines) is 1. The van der Waals surface area contributed by atoms with Crippen molar-refractivity contribution in [3.05, 3.63) is 35.8 Å². The molecule has 4 rings (SSSR count). The molecule has 1 saturated heterocycles. The molecule has 0 bridgehead atoms. The van der Waals surface area contributed by atoms with Crippen LogP contribution in [-0.2, 0) is 17.8 Å². The zero-order valence-corrected chi connectivity index (χ0v) is 15.8. The Bertz CT molecular complexity index is 810. The van der Waals surface area contributed by atoms with Crippen molar-refractivity contribution in [2.24, 2.45) is 0 Å². The van der Waals surface area contributed by atoms with E-state index in [1.54, 1.807) is 12.4 Å². The van der Waals surface area contributed by atoms with Gasteiger partial charge in [-0.15, -0.1) is 0 Å². The molecular weight excluding hydrogens is 340 g/mol. The molecule has 1 N–H and O–H groups in total. The fourth-order valence-electron chi connectivity index (χ4n) is 3.76. The van der Waals surface area contributed by atoms with Crippen LogP contribution in [0, 0.1) is 0 Å². The molecule has 7 heteroatoms. The van der Waals surface area contributed by atoms with E-state index in [1.165, 1.54) is 5.56 Å². The van der Waals surface area contributed by atoms with Crippen LogP contribution in [0.5, 0.6) is 0 Å². The summed E-state index contributed by atoms with van der Waals surface area (Å²) < 4.78 is 0. The van der Waals surface area contributed by atoms with Crippen LogP contribution in [0.25, 0.3) is 11.4 Å². The predicted molar refractivity (Wildman–Crippen MR) is 104 cm³/mol. The van der Waals surface area contributed by atoms with Gasteiger partial charge in [0.05, 0.1) is 5.69 Å². The second kappa shape index (κ2) is 8.00. The molecule has 142 valence electrons. The van der Waals surface area contributed by atoms with Gasteiger partial charge in [-0.2, -0.15) is 0 Å². The number of rotatable bonds is 5. The highest BCUT2D eigenvalue weighted by Gasteiger charge is 2.22. The molecule has 0 radical (unpaired) electrons. The van der Waals surface area contributed by atoms with Gasteiger partial charge in [0.15, 0.2) is 5.82 Å². The number of likely N-dealkylation sites (N-methyl/N-ethyl adjacent to an activating group) is 1. The maximum atomic E-state index is 12.1. The summed E-state index contributed by atoms with van der Waals surface area (Å²) in [5, 5.41) is 3.40. The lowest BCUT2D eigenvalue weighted by Crippen LogP contribution is -2.41. The normalized spacial score (nSPS) is 16.9. The van der Waals surface area contributed by atoms with Crippen molar-refractivity contribution in [2.45, 2.75) is 32.2 Å². The molecule has 2 aromatic heterocycles. The van der Waals surface area contributed by atoms with Crippen LogP contribution in [0.15, 0.2) is 24.5 Å². The van der Waals surface area contributed by atoms with Gasteiger partial charge in [-0.1, -0.05) is 0 Å². The number of piperidine rings is 1. The molecule has 2 aliphatic heterocycles. The van der Waals surface area contributed by atoms with Crippen LogP contribution in [-0.4, -0.2) is 59.0 Å². The number of amides is 1. The van der Waals surface area contributed by atoms with E-state index in [-0.39, 0.29) is 5.91 Å². The molecule has 1 amide bonds. The molecule has 4 heterocycles. The fraction of sp³-hybridized carbons (Fsp3) is 0.500. The Labute approximate surface area is 159 Å². The van der Waals surface area contributed by atoms with Gasteiger partial charge >= 0.3 is 0 Å². The minimum absolute atomic E-state index is 0.279. The second-order valence-corrected chi connectivity index (χ2v) is 7.22. The third kappa shape index (κ3) is 3.93. The molecule has 0 aliphatic carbocycles. The summed E-state index contributed by atoms with van der Waals surface area (Å²) in [5.41, 5.74) is 3.26. The van der Waals surface area contributed by atoms with E-state index in [0.29, 0.717) is 6.42 Å². The minimum Gasteiger partial charge on any atom is -0.358 e. The van der Waals surface area contributed by atoms with Crippen LogP contribution in [0.3, 0.4) is 0 Å². The quantitative estimate of drug-likeness (QED) is 0.867. The third-order valence-electron chi connectivity index (χ3n) is 5.34. The van der Waals surface area contributed by atoms with Gasteiger partial charge < -0.3 is 15.1 Å². The Balaban J connectivity index is 1.59. The van der Waals surface area contributed by atoms with Gasteiger partial charge in [-0.3, -0.25) is 9.78 Å². The number of nitrogens with one attached hydrogen (secondary N) is 1. The van der Waals surface area contributed by atoms with Gasteiger partial charge in [0.25, 0.3) is 0 Å². The Morgan fingerprint density at radius 1 is 1.19 bits per heavy atom. The fourth-order valence-corrected chi connectivity index (χ4v) is 3.76. The first-order valence-electron chi connectivity index (χ1n) is 9.72. The highest BCUT2D eigenvalue weighted by Crippen LogP contribution is 2.26. The van der Waals surface area contributed by atoms with Gasteiger partial charge in [-0.05, 0) is 37.9 Å². The Morgan fingerprint density at radius 2 is 2.04 bits per heavy atom. The molecular formula is C20H26N6O. The van der Waals surface area contributed by atoms with E-state index in [4.69, 9.17) is 9.97 Å². The van der Waals surface area contributed by atoms with Crippen LogP contribution in [0.4, 0.5) is 5.82 Å². The van der Waals surface area contributed by atoms with E-state index in [9.17, 15) is 4.79 Å². The summed E-state index contributed by atoms with van der Waals surface area (Å²) in [7, 11) is 2.06. The number of hydrogen-bond acceptors (Lipinski definition) is 6. The summed E-state index contributed by atoms with van der Waals surface area (Å²) in [5.74, 6) is 1.99. The summed E-state index contributed by atoms with van der Waals surface area (Å²) in [6.45, 7) is 4.11. The maximum absolute atomic E-state index is 12.1. The number of nitrogens with zero attached hydrogens (tertiary/aromatic N) is 5. The molecule has 0 atom stereocenters. The third-order valence-corrected chi connectivity index (χ3v) is 5.34. The number of fused-ring (bicyclic) bond motifs is 1. The molecule has 0 unspecified atom stereocenters. The SMILES string of the molecule is CN(CCN1CCCCC1=O)c1nc(-c2ccncc2)nc2c1CCNC2. The lowest BCUT2D eigenvalue weighted by molar-refractivity contribution is -0.133. The maximum Gasteiger partial charge on any atom is 0.222 e. The topological polar surface area (TPSA) is 74.2 Å². The van der Waals surface area contributed by atoms with Gasteiger partial charge in [0.1, 0.15) is 5.82 Å². The van der Waals surface area contributed by atoms with Crippen molar-refractivity contribution >= 4 is 11.7 Å². The van der Waals surface area contributed by atoms with Gasteiger partial charge in [0, 0.05) is 63.2 Å². The average molecular weight is 366 g/mol. The Morgan fingerprint density at radius 3 is 2.85 bits per heavy atom. The molecule has 0 saturated carbocycles. The minimum atomic E-state index is 0.279. The first kappa shape index (κ1) is 17.9. The number of carbonyl (C=O) groups excluding carboxylic acids is 1. The van der Waals surface area contributed by atoms with Crippen LogP contribution in [0.1, 0.15) is 30.5 Å². The molecule has 0 spiro atoms. The van der Waals surface area contributed by atoms with Crippen LogP contribution < -0.4 is 10.2 Å². The molecule has 2 aromatic rings.